The van der Waals surface area contributed by atoms with E-state index in [2.05, 4.69) is 29.1 Å². The lowest BCUT2D eigenvalue weighted by molar-refractivity contribution is -0.112. The van der Waals surface area contributed by atoms with E-state index in [4.69, 9.17) is 16.3 Å². The van der Waals surface area contributed by atoms with Gasteiger partial charge in [0.15, 0.2) is 0 Å². The van der Waals surface area contributed by atoms with Gasteiger partial charge in [-0.1, -0.05) is 11.6 Å². The first kappa shape index (κ1) is 20.7. The number of ketones is 1. The Morgan fingerprint density at radius 3 is 2.37 bits per heavy atom. The first-order valence-corrected chi connectivity index (χ1v) is 9.29. The molecular weight excluding hydrogens is 366 g/mol. The minimum absolute atomic E-state index is 0.0304. The topological polar surface area (TPSA) is 71.0 Å². The van der Waals surface area contributed by atoms with Crippen molar-refractivity contribution in [3.63, 3.8) is 0 Å². The van der Waals surface area contributed by atoms with Gasteiger partial charge in [-0.2, -0.15) is 0 Å². The van der Waals surface area contributed by atoms with Gasteiger partial charge in [-0.3, -0.25) is 10.1 Å². The van der Waals surface area contributed by atoms with Crippen molar-refractivity contribution in [3.05, 3.63) is 46.6 Å². The van der Waals surface area contributed by atoms with Crippen LogP contribution in [0.4, 0.5) is 16.2 Å². The molecule has 144 valence electrons. The fraction of sp³-hybridized carbons (Fsp3) is 0.350. The van der Waals surface area contributed by atoms with Crippen molar-refractivity contribution in [1.82, 2.24) is 5.32 Å². The number of carbonyl (C=O) groups excluding carboxylic acids is 2. The maximum absolute atomic E-state index is 12.3. The molecule has 1 aromatic rings. The Labute approximate surface area is 164 Å². The molecule has 0 heterocycles. The molecule has 7 heteroatoms. The third-order valence-electron chi connectivity index (χ3n) is 4.18. The first-order valence-electron chi connectivity index (χ1n) is 8.91. The number of aliphatic imine (C=N–C) groups is 1. The quantitative estimate of drug-likeness (QED) is 0.735. The molecule has 1 aliphatic carbocycles. The maximum atomic E-state index is 12.3. The first-order chi connectivity index (χ1) is 12.9. The molecule has 1 aliphatic rings. The normalized spacial score (nSPS) is 15.7. The van der Waals surface area contributed by atoms with Crippen molar-refractivity contribution < 1.29 is 14.3 Å². The van der Waals surface area contributed by atoms with Crippen LogP contribution in [0.25, 0.3) is 0 Å². The van der Waals surface area contributed by atoms with Gasteiger partial charge in [-0.25, -0.2) is 9.79 Å². The molecular formula is C20H24ClN3O3. The molecule has 0 aliphatic heterocycles. The summed E-state index contributed by atoms with van der Waals surface area (Å²) < 4.78 is 4.82. The third-order valence-corrected chi connectivity index (χ3v) is 4.63. The van der Waals surface area contributed by atoms with Crippen LogP contribution in [-0.2, 0) is 9.53 Å². The summed E-state index contributed by atoms with van der Waals surface area (Å²) in [6.45, 7) is 9.68. The molecule has 2 rings (SSSR count). The van der Waals surface area contributed by atoms with E-state index in [-0.39, 0.29) is 17.3 Å². The van der Waals surface area contributed by atoms with Gasteiger partial charge in [0.05, 0.1) is 28.7 Å². The number of benzene rings is 1. The Morgan fingerprint density at radius 2 is 1.81 bits per heavy atom. The molecule has 0 aromatic heterocycles. The zero-order valence-corrected chi connectivity index (χ0v) is 16.8. The van der Waals surface area contributed by atoms with E-state index in [1.54, 1.807) is 13.8 Å². The Bertz CT molecular complexity index is 806. The van der Waals surface area contributed by atoms with Crippen LogP contribution in [0.2, 0.25) is 0 Å². The molecule has 0 saturated carbocycles. The zero-order valence-electron chi connectivity index (χ0n) is 16.0. The van der Waals surface area contributed by atoms with E-state index >= 15 is 0 Å². The number of Topliss-reactive ketones (excluding diaryl/α,β-unsaturated/α-hetero) is 1. The predicted molar refractivity (Wildman–Crippen MR) is 109 cm³/mol. The lowest BCUT2D eigenvalue weighted by atomic mass is 10.0. The van der Waals surface area contributed by atoms with Gasteiger partial charge in [0.2, 0.25) is 5.78 Å². The minimum Gasteiger partial charge on any atom is -0.450 e. The molecule has 1 N–H and O–H groups in total. The number of halogens is 1. The number of allylic oxidation sites excluding steroid dienone is 3. The molecule has 0 spiro atoms. The van der Waals surface area contributed by atoms with Crippen LogP contribution in [0.1, 0.15) is 27.7 Å². The van der Waals surface area contributed by atoms with Gasteiger partial charge < -0.3 is 9.64 Å². The molecule has 0 fully saturated rings. The second-order valence-corrected chi connectivity index (χ2v) is 6.24. The zero-order chi connectivity index (χ0) is 20.0. The average molecular weight is 390 g/mol. The van der Waals surface area contributed by atoms with Crippen LogP contribution in [0.3, 0.4) is 0 Å². The van der Waals surface area contributed by atoms with Crippen molar-refractivity contribution in [3.8, 4) is 0 Å². The van der Waals surface area contributed by atoms with Crippen molar-refractivity contribution >= 4 is 40.6 Å². The lowest BCUT2D eigenvalue weighted by Crippen LogP contribution is -2.31. The van der Waals surface area contributed by atoms with Gasteiger partial charge in [0, 0.05) is 18.8 Å². The van der Waals surface area contributed by atoms with Gasteiger partial charge in [0.1, 0.15) is 0 Å². The second kappa shape index (κ2) is 9.37. The smallest absolute Gasteiger partial charge is 0.411 e. The van der Waals surface area contributed by atoms with Crippen LogP contribution < -0.4 is 10.2 Å². The third kappa shape index (κ3) is 4.98. The van der Waals surface area contributed by atoms with Crippen LogP contribution in [0.15, 0.2) is 51.6 Å². The van der Waals surface area contributed by atoms with E-state index in [1.165, 1.54) is 6.08 Å². The average Bonchev–Trinajstić information content (AvgIpc) is 2.66. The van der Waals surface area contributed by atoms with E-state index in [1.807, 2.05) is 24.3 Å². The Hall–Kier alpha value is -2.60. The molecule has 27 heavy (non-hydrogen) atoms. The van der Waals surface area contributed by atoms with Crippen LogP contribution in [0.5, 0.6) is 0 Å². The molecule has 0 unspecified atom stereocenters. The van der Waals surface area contributed by atoms with Crippen LogP contribution in [-0.4, -0.2) is 37.3 Å². The van der Waals surface area contributed by atoms with E-state index < -0.39 is 11.9 Å². The monoisotopic (exact) mass is 389 g/mol. The number of amides is 1. The number of carbonyl (C=O) groups is 2. The summed E-state index contributed by atoms with van der Waals surface area (Å²) in [7, 11) is 0. The molecule has 0 bridgehead atoms. The summed E-state index contributed by atoms with van der Waals surface area (Å²) in [6.07, 6.45) is 0.808. The number of ether oxygens (including phenoxy) is 1. The van der Waals surface area contributed by atoms with E-state index in [9.17, 15) is 9.59 Å². The summed E-state index contributed by atoms with van der Waals surface area (Å²) in [5.41, 5.74) is 2.97. The molecule has 1 amide bonds. The number of alkyl carbamates (subject to hydrolysis) is 1. The Kier molecular flexibility index (Phi) is 7.19. The van der Waals surface area contributed by atoms with Gasteiger partial charge in [0.25, 0.3) is 0 Å². The summed E-state index contributed by atoms with van der Waals surface area (Å²) in [5.74, 6) is -0.460. The van der Waals surface area contributed by atoms with Crippen LogP contribution in [0, 0.1) is 0 Å². The van der Waals surface area contributed by atoms with Gasteiger partial charge in [-0.05, 0) is 63.6 Å². The van der Waals surface area contributed by atoms with Gasteiger partial charge in [-0.15, -0.1) is 0 Å². The fourth-order valence-electron chi connectivity index (χ4n) is 2.66. The summed E-state index contributed by atoms with van der Waals surface area (Å²) in [6, 6.07) is 7.82. The van der Waals surface area contributed by atoms with E-state index in [0.717, 1.165) is 24.5 Å². The van der Waals surface area contributed by atoms with E-state index in [0.29, 0.717) is 11.3 Å². The highest BCUT2D eigenvalue weighted by Crippen LogP contribution is 2.25. The lowest BCUT2D eigenvalue weighted by Gasteiger charge is -2.21. The Balaban J connectivity index is 2.32. The largest absolute Gasteiger partial charge is 0.450 e. The minimum atomic E-state index is -0.705. The van der Waals surface area contributed by atoms with Crippen LogP contribution >= 0.6 is 11.6 Å². The maximum Gasteiger partial charge on any atom is 0.411 e. The Morgan fingerprint density at radius 1 is 1.19 bits per heavy atom. The number of rotatable bonds is 6. The molecule has 1 aromatic carbocycles. The fourth-order valence-corrected chi connectivity index (χ4v) is 2.86. The SMILES string of the molecule is CCOC(=O)NC1=CC(=Nc2ccc(N(CC)CC)cc2)C(C)=C(Cl)C1=O. The summed E-state index contributed by atoms with van der Waals surface area (Å²) >= 11 is 6.15. The van der Waals surface area contributed by atoms with Crippen molar-refractivity contribution in [1.29, 1.82) is 0 Å². The highest BCUT2D eigenvalue weighted by molar-refractivity contribution is 6.49. The highest BCUT2D eigenvalue weighted by atomic mass is 35.5. The molecule has 0 radical (unpaired) electrons. The van der Waals surface area contributed by atoms with Crippen molar-refractivity contribution in [2.75, 3.05) is 24.6 Å². The number of hydrogen-bond acceptors (Lipinski definition) is 5. The number of nitrogens with zero attached hydrogens (tertiary/aromatic N) is 2. The molecule has 0 saturated heterocycles. The number of hydrogen-bond donors (Lipinski definition) is 1. The summed E-state index contributed by atoms with van der Waals surface area (Å²) in [5, 5.41) is 2.45. The predicted octanol–water partition coefficient (Wildman–Crippen LogP) is 4.33. The second-order valence-electron chi connectivity index (χ2n) is 5.86. The summed E-state index contributed by atoms with van der Waals surface area (Å²) in [4.78, 5) is 30.7. The van der Waals surface area contributed by atoms with Crippen molar-refractivity contribution in [2.24, 2.45) is 4.99 Å². The molecule has 6 nitrogen and oxygen atoms in total. The number of anilines is 1. The van der Waals surface area contributed by atoms with Gasteiger partial charge >= 0.3 is 6.09 Å². The number of nitrogens with one attached hydrogen (secondary N) is 1. The molecule has 0 atom stereocenters. The van der Waals surface area contributed by atoms with Crippen molar-refractivity contribution in [2.45, 2.75) is 27.7 Å². The standard InChI is InChI=1S/C20H24ClN3O3/c1-5-24(6-2)15-10-8-14(9-11-15)22-16-12-17(23-20(26)27-7-3)19(25)18(21)13(16)4/h8-12H,5-7H2,1-4H3,(H,23,26). The highest BCUT2D eigenvalue weighted by Gasteiger charge is 2.25.